The third-order valence-electron chi connectivity index (χ3n) is 6.81. The van der Waals surface area contributed by atoms with E-state index in [1.165, 1.54) is 17.8 Å². The van der Waals surface area contributed by atoms with Crippen LogP contribution >= 0.6 is 11.3 Å². The SMILES string of the molecule is NC(=O)[C@H]1[C@H]2C=C[C@@]3(O2)[C@H](C(=O)NC2CCCCC2)N(Cc2cccs2)C(=O)[C@@H]13. The molecular weight excluding hydrogens is 390 g/mol. The first kappa shape index (κ1) is 18.8. The Morgan fingerprint density at radius 2 is 2.10 bits per heavy atom. The van der Waals surface area contributed by atoms with Gasteiger partial charge in [0.05, 0.1) is 24.5 Å². The molecule has 0 aromatic carbocycles. The smallest absolute Gasteiger partial charge is 0.246 e. The van der Waals surface area contributed by atoms with Gasteiger partial charge in [0.15, 0.2) is 0 Å². The minimum atomic E-state index is -1.11. The maximum absolute atomic E-state index is 13.5. The van der Waals surface area contributed by atoms with Gasteiger partial charge in [-0.25, -0.2) is 0 Å². The number of carbonyl (C=O) groups is 3. The van der Waals surface area contributed by atoms with Gasteiger partial charge in [0.2, 0.25) is 17.7 Å². The van der Waals surface area contributed by atoms with E-state index in [2.05, 4.69) is 5.32 Å². The molecule has 1 aromatic heterocycles. The van der Waals surface area contributed by atoms with Crippen LogP contribution in [0.4, 0.5) is 0 Å². The van der Waals surface area contributed by atoms with E-state index in [9.17, 15) is 14.4 Å². The predicted octanol–water partition coefficient (Wildman–Crippen LogP) is 1.33. The molecule has 3 fully saturated rings. The fraction of sp³-hybridized carbons (Fsp3) is 0.571. The molecule has 3 N–H and O–H groups in total. The second kappa shape index (κ2) is 6.95. The number of nitrogens with one attached hydrogen (secondary N) is 1. The summed E-state index contributed by atoms with van der Waals surface area (Å²) in [7, 11) is 0. The summed E-state index contributed by atoms with van der Waals surface area (Å²) in [6.45, 7) is 0.324. The zero-order valence-electron chi connectivity index (χ0n) is 16.1. The van der Waals surface area contributed by atoms with Gasteiger partial charge in [-0.05, 0) is 24.3 Å². The van der Waals surface area contributed by atoms with Gasteiger partial charge in [-0.2, -0.15) is 0 Å². The number of nitrogens with two attached hydrogens (primary N) is 1. The summed E-state index contributed by atoms with van der Waals surface area (Å²) < 4.78 is 6.17. The summed E-state index contributed by atoms with van der Waals surface area (Å²) in [4.78, 5) is 41.6. The van der Waals surface area contributed by atoms with Crippen LogP contribution in [0, 0.1) is 11.8 Å². The van der Waals surface area contributed by atoms with Crippen molar-refractivity contribution >= 4 is 29.1 Å². The summed E-state index contributed by atoms with van der Waals surface area (Å²) in [5.74, 6) is -2.44. The fourth-order valence-corrected chi connectivity index (χ4v) is 6.26. The first-order valence-corrected chi connectivity index (χ1v) is 11.2. The van der Waals surface area contributed by atoms with Crippen LogP contribution in [-0.2, 0) is 25.7 Å². The standard InChI is InChI=1S/C21H25N3O4S/c22-18(25)15-14-8-9-21(28-14)16(15)20(27)24(11-13-7-4-10-29-13)17(21)19(26)23-12-5-2-1-3-6-12/h4,7-10,12,14-17H,1-3,5-6,11H2,(H2,22,25)(H,23,26)/t14-,15+,16-,17+,21+/m1/s1. The molecule has 5 rings (SSSR count). The van der Waals surface area contributed by atoms with Crippen molar-refractivity contribution in [3.63, 3.8) is 0 Å². The highest BCUT2D eigenvalue weighted by molar-refractivity contribution is 7.09. The summed E-state index contributed by atoms with van der Waals surface area (Å²) in [5, 5.41) is 5.11. The van der Waals surface area contributed by atoms with Gasteiger partial charge in [-0.1, -0.05) is 37.5 Å². The molecule has 4 heterocycles. The first-order chi connectivity index (χ1) is 14.0. The average molecular weight is 416 g/mol. The minimum absolute atomic E-state index is 0.125. The number of fused-ring (bicyclic) bond motifs is 1. The third-order valence-corrected chi connectivity index (χ3v) is 7.67. The highest BCUT2D eigenvalue weighted by atomic mass is 32.1. The number of carbonyl (C=O) groups excluding carboxylic acids is 3. The molecule has 3 amide bonds. The Labute approximate surface area is 173 Å². The Bertz CT molecular complexity index is 863. The van der Waals surface area contributed by atoms with Gasteiger partial charge in [-0.15, -0.1) is 11.3 Å². The van der Waals surface area contributed by atoms with E-state index in [4.69, 9.17) is 10.5 Å². The van der Waals surface area contributed by atoms with E-state index < -0.39 is 35.5 Å². The van der Waals surface area contributed by atoms with Crippen LogP contribution in [0.25, 0.3) is 0 Å². The quantitative estimate of drug-likeness (QED) is 0.709. The van der Waals surface area contributed by atoms with E-state index in [-0.39, 0.29) is 17.9 Å². The van der Waals surface area contributed by atoms with Crippen LogP contribution in [-0.4, -0.2) is 46.4 Å². The topological polar surface area (TPSA) is 102 Å². The zero-order chi connectivity index (χ0) is 20.2. The van der Waals surface area contributed by atoms with Gasteiger partial charge in [0, 0.05) is 10.9 Å². The molecule has 2 saturated heterocycles. The van der Waals surface area contributed by atoms with E-state index in [0.29, 0.717) is 6.54 Å². The lowest BCUT2D eigenvalue weighted by molar-refractivity contribution is -0.142. The Balaban J connectivity index is 1.49. The van der Waals surface area contributed by atoms with Gasteiger partial charge in [0.25, 0.3) is 0 Å². The number of thiophene rings is 1. The normalized spacial score (nSPS) is 35.9. The Morgan fingerprint density at radius 3 is 2.79 bits per heavy atom. The molecule has 8 heteroatoms. The number of primary amides is 1. The van der Waals surface area contributed by atoms with Crippen LogP contribution < -0.4 is 11.1 Å². The molecule has 4 aliphatic rings. The van der Waals surface area contributed by atoms with Crippen LogP contribution in [0.1, 0.15) is 37.0 Å². The molecule has 1 aliphatic carbocycles. The fourth-order valence-electron chi connectivity index (χ4n) is 5.56. The number of rotatable bonds is 5. The summed E-state index contributed by atoms with van der Waals surface area (Å²) in [6, 6.07) is 3.19. The molecule has 154 valence electrons. The summed E-state index contributed by atoms with van der Waals surface area (Å²) >= 11 is 1.54. The molecule has 3 aliphatic heterocycles. The third kappa shape index (κ3) is 2.84. The predicted molar refractivity (Wildman–Crippen MR) is 107 cm³/mol. The van der Waals surface area contributed by atoms with E-state index in [1.54, 1.807) is 11.0 Å². The lowest BCUT2D eigenvalue weighted by atomic mass is 9.74. The van der Waals surface area contributed by atoms with Crippen molar-refractivity contribution in [3.8, 4) is 0 Å². The largest absolute Gasteiger partial charge is 0.369 e. The molecular formula is C21H25N3O4S. The highest BCUT2D eigenvalue weighted by Crippen LogP contribution is 2.55. The molecule has 7 nitrogen and oxygen atoms in total. The zero-order valence-corrected chi connectivity index (χ0v) is 16.9. The number of hydrogen-bond acceptors (Lipinski definition) is 5. The number of ether oxygens (including phenoxy) is 1. The van der Waals surface area contributed by atoms with Gasteiger partial charge >= 0.3 is 0 Å². The van der Waals surface area contributed by atoms with Gasteiger partial charge in [-0.3, -0.25) is 14.4 Å². The number of amides is 3. The lowest BCUT2D eigenvalue weighted by Crippen LogP contribution is -2.56. The maximum atomic E-state index is 13.5. The maximum Gasteiger partial charge on any atom is 0.246 e. The second-order valence-corrected chi connectivity index (χ2v) is 9.52. The minimum Gasteiger partial charge on any atom is -0.369 e. The van der Waals surface area contributed by atoms with Gasteiger partial charge < -0.3 is 20.7 Å². The van der Waals surface area contributed by atoms with Crippen molar-refractivity contribution in [2.45, 2.75) is 62.4 Å². The van der Waals surface area contributed by atoms with Crippen LogP contribution in [0.5, 0.6) is 0 Å². The molecule has 2 bridgehead atoms. The molecule has 1 saturated carbocycles. The van der Waals surface area contributed by atoms with Crippen LogP contribution in [0.3, 0.4) is 0 Å². The van der Waals surface area contributed by atoms with Crippen LogP contribution in [0.2, 0.25) is 0 Å². The van der Waals surface area contributed by atoms with Crippen molar-refractivity contribution < 1.29 is 19.1 Å². The molecule has 1 spiro atoms. The van der Waals surface area contributed by atoms with Crippen molar-refractivity contribution in [1.82, 2.24) is 10.2 Å². The Hall–Kier alpha value is -2.19. The lowest BCUT2D eigenvalue weighted by Gasteiger charge is -2.34. The number of likely N-dealkylation sites (tertiary alicyclic amines) is 1. The van der Waals surface area contributed by atoms with E-state index in [0.717, 1.165) is 30.6 Å². The Morgan fingerprint density at radius 1 is 1.31 bits per heavy atom. The van der Waals surface area contributed by atoms with Crippen molar-refractivity contribution in [2.24, 2.45) is 17.6 Å². The van der Waals surface area contributed by atoms with E-state index >= 15 is 0 Å². The monoisotopic (exact) mass is 415 g/mol. The van der Waals surface area contributed by atoms with Crippen molar-refractivity contribution in [2.75, 3.05) is 0 Å². The Kier molecular flexibility index (Phi) is 4.51. The van der Waals surface area contributed by atoms with Crippen molar-refractivity contribution in [1.29, 1.82) is 0 Å². The molecule has 0 unspecified atom stereocenters. The first-order valence-electron chi connectivity index (χ1n) is 10.3. The van der Waals surface area contributed by atoms with Crippen molar-refractivity contribution in [3.05, 3.63) is 34.5 Å². The number of hydrogen-bond donors (Lipinski definition) is 2. The summed E-state index contributed by atoms with van der Waals surface area (Å²) in [5.41, 5.74) is 4.52. The molecule has 29 heavy (non-hydrogen) atoms. The highest BCUT2D eigenvalue weighted by Gasteiger charge is 2.72. The van der Waals surface area contributed by atoms with Crippen LogP contribution in [0.15, 0.2) is 29.7 Å². The van der Waals surface area contributed by atoms with E-state index in [1.807, 2.05) is 23.6 Å². The second-order valence-electron chi connectivity index (χ2n) is 8.49. The molecule has 5 atom stereocenters. The molecule has 1 aromatic rings. The number of nitrogens with zero attached hydrogens (tertiary/aromatic N) is 1. The summed E-state index contributed by atoms with van der Waals surface area (Å²) in [6.07, 6.45) is 8.38. The average Bonchev–Trinajstić information content (AvgIpc) is 3.45. The van der Waals surface area contributed by atoms with Gasteiger partial charge in [0.1, 0.15) is 11.6 Å². The molecule has 0 radical (unpaired) electrons.